The molecule has 2 aliphatic rings. The van der Waals surface area contributed by atoms with Crippen molar-refractivity contribution in [3.05, 3.63) is 11.3 Å². The van der Waals surface area contributed by atoms with Gasteiger partial charge in [0.2, 0.25) is 10.0 Å². The van der Waals surface area contributed by atoms with Gasteiger partial charge in [-0.15, -0.1) is 0 Å². The smallest absolute Gasteiger partial charge is 0.322 e. The first-order valence-electron chi connectivity index (χ1n) is 5.93. The van der Waals surface area contributed by atoms with E-state index in [1.807, 2.05) is 11.8 Å². The van der Waals surface area contributed by atoms with E-state index in [9.17, 15) is 13.2 Å². The second-order valence-electron chi connectivity index (χ2n) is 4.69. The third-order valence-electron chi connectivity index (χ3n) is 3.13. The highest BCUT2D eigenvalue weighted by Crippen LogP contribution is 2.26. The minimum atomic E-state index is -3.66. The van der Waals surface area contributed by atoms with E-state index in [-0.39, 0.29) is 6.04 Å². The Kier molecular flexibility index (Phi) is 3.91. The minimum absolute atomic E-state index is 0.232. The fourth-order valence-electron chi connectivity index (χ4n) is 2.26. The molecule has 0 aromatic heterocycles. The highest BCUT2D eigenvalue weighted by atomic mass is 32.2. The van der Waals surface area contributed by atoms with E-state index in [1.165, 1.54) is 7.11 Å². The highest BCUT2D eigenvalue weighted by molar-refractivity contribution is 7.90. The zero-order valence-corrected chi connectivity index (χ0v) is 11.7. The summed E-state index contributed by atoms with van der Waals surface area (Å²) in [7, 11) is -2.49. The summed E-state index contributed by atoms with van der Waals surface area (Å²) in [6.45, 7) is 3.19. The van der Waals surface area contributed by atoms with Crippen molar-refractivity contribution in [3.8, 4) is 0 Å². The SMILES string of the molecule is COC(=O)CS(=O)(=O)N[C@H]1CC2=C(C)CN=CN2C1. The Morgan fingerprint density at radius 3 is 3.00 bits per heavy atom. The van der Waals surface area contributed by atoms with Crippen LogP contribution in [0, 0.1) is 0 Å². The van der Waals surface area contributed by atoms with Crippen LogP contribution < -0.4 is 4.72 Å². The number of fused-ring (bicyclic) bond motifs is 1. The fraction of sp³-hybridized carbons (Fsp3) is 0.636. The average molecular weight is 287 g/mol. The molecule has 1 fully saturated rings. The summed E-state index contributed by atoms with van der Waals surface area (Å²) >= 11 is 0. The molecule has 0 spiro atoms. The van der Waals surface area contributed by atoms with Gasteiger partial charge in [-0.05, 0) is 12.5 Å². The predicted molar refractivity (Wildman–Crippen MR) is 70.1 cm³/mol. The number of aliphatic imine (C=N–C) groups is 1. The van der Waals surface area contributed by atoms with Crippen molar-refractivity contribution < 1.29 is 17.9 Å². The number of nitrogens with zero attached hydrogens (tertiary/aromatic N) is 2. The average Bonchev–Trinajstić information content (AvgIpc) is 2.71. The van der Waals surface area contributed by atoms with Crippen LogP contribution in [0.1, 0.15) is 13.3 Å². The van der Waals surface area contributed by atoms with Crippen LogP contribution in [0.3, 0.4) is 0 Å². The van der Waals surface area contributed by atoms with E-state index in [1.54, 1.807) is 6.34 Å². The number of hydrogen-bond donors (Lipinski definition) is 1. The molecule has 1 atom stereocenters. The second kappa shape index (κ2) is 5.30. The number of ether oxygens (including phenoxy) is 1. The number of carbonyl (C=O) groups is 1. The fourth-order valence-corrected chi connectivity index (χ4v) is 3.43. The van der Waals surface area contributed by atoms with Gasteiger partial charge in [0.05, 0.1) is 20.0 Å². The summed E-state index contributed by atoms with van der Waals surface area (Å²) in [5.41, 5.74) is 2.26. The Bertz CT molecular complexity index is 538. The van der Waals surface area contributed by atoms with Gasteiger partial charge in [0.15, 0.2) is 5.75 Å². The Balaban J connectivity index is 2.01. The standard InChI is InChI=1S/C11H17N3O4S/c1-8-4-12-7-14-5-9(3-10(8)14)13-19(16,17)6-11(15)18-2/h7,9,13H,3-6H2,1-2H3/t9-/m0/s1. The first-order chi connectivity index (χ1) is 8.91. The van der Waals surface area contributed by atoms with E-state index >= 15 is 0 Å². The summed E-state index contributed by atoms with van der Waals surface area (Å²) in [5.74, 6) is -1.41. The van der Waals surface area contributed by atoms with Gasteiger partial charge >= 0.3 is 5.97 Å². The van der Waals surface area contributed by atoms with E-state index < -0.39 is 21.7 Å². The third kappa shape index (κ3) is 3.32. The molecule has 0 aromatic carbocycles. The number of sulfonamides is 1. The van der Waals surface area contributed by atoms with Crippen molar-refractivity contribution in [1.29, 1.82) is 0 Å². The van der Waals surface area contributed by atoms with Crippen LogP contribution in [0.4, 0.5) is 0 Å². The Labute approximate surface area is 112 Å². The number of carbonyl (C=O) groups excluding carboxylic acids is 1. The second-order valence-corrected chi connectivity index (χ2v) is 6.44. The third-order valence-corrected chi connectivity index (χ3v) is 4.44. The molecule has 2 rings (SSSR count). The summed E-state index contributed by atoms with van der Waals surface area (Å²) in [6, 6.07) is -0.232. The first-order valence-corrected chi connectivity index (χ1v) is 7.58. The highest BCUT2D eigenvalue weighted by Gasteiger charge is 2.31. The lowest BCUT2D eigenvalue weighted by Crippen LogP contribution is -2.40. The normalized spacial score (nSPS) is 22.6. The lowest BCUT2D eigenvalue weighted by atomic mass is 10.1. The van der Waals surface area contributed by atoms with Crippen LogP contribution in [0.15, 0.2) is 16.3 Å². The predicted octanol–water partition coefficient (Wildman–Crippen LogP) is -0.531. The van der Waals surface area contributed by atoms with Gasteiger partial charge in [0.1, 0.15) is 0 Å². The van der Waals surface area contributed by atoms with Gasteiger partial charge in [-0.1, -0.05) is 0 Å². The molecule has 8 heteroatoms. The summed E-state index contributed by atoms with van der Waals surface area (Å²) in [5, 5.41) is 0. The molecule has 0 radical (unpaired) electrons. The molecule has 0 amide bonds. The van der Waals surface area contributed by atoms with Crippen LogP contribution in [0.25, 0.3) is 0 Å². The molecule has 7 nitrogen and oxygen atoms in total. The molecule has 1 saturated heterocycles. The molecular weight excluding hydrogens is 270 g/mol. The lowest BCUT2D eigenvalue weighted by Gasteiger charge is -2.19. The monoisotopic (exact) mass is 287 g/mol. The van der Waals surface area contributed by atoms with E-state index in [2.05, 4.69) is 14.5 Å². The maximum Gasteiger partial charge on any atom is 0.322 e. The van der Waals surface area contributed by atoms with Crippen LogP contribution in [-0.4, -0.2) is 57.6 Å². The summed E-state index contributed by atoms with van der Waals surface area (Å²) < 4.78 is 30.4. The van der Waals surface area contributed by atoms with E-state index in [4.69, 9.17) is 0 Å². The number of hydrogen-bond acceptors (Lipinski definition) is 6. The number of methoxy groups -OCH3 is 1. The van der Waals surface area contributed by atoms with Gasteiger partial charge in [-0.25, -0.2) is 13.1 Å². The van der Waals surface area contributed by atoms with Crippen LogP contribution in [0.5, 0.6) is 0 Å². The topological polar surface area (TPSA) is 88.1 Å². The Morgan fingerprint density at radius 1 is 1.63 bits per heavy atom. The van der Waals surface area contributed by atoms with Gasteiger partial charge in [0, 0.05) is 24.7 Å². The molecule has 0 saturated carbocycles. The van der Waals surface area contributed by atoms with Crippen LogP contribution in [-0.2, 0) is 19.6 Å². The van der Waals surface area contributed by atoms with Gasteiger partial charge in [0.25, 0.3) is 0 Å². The molecule has 2 aliphatic heterocycles. The largest absolute Gasteiger partial charge is 0.468 e. The first kappa shape index (κ1) is 14.0. The molecule has 0 aromatic rings. The number of rotatable bonds is 4. The summed E-state index contributed by atoms with van der Waals surface area (Å²) in [4.78, 5) is 17.2. The Morgan fingerprint density at radius 2 is 2.37 bits per heavy atom. The number of esters is 1. The quantitative estimate of drug-likeness (QED) is 0.702. The molecule has 2 heterocycles. The molecular formula is C11H17N3O4S. The van der Waals surface area contributed by atoms with Crippen LogP contribution >= 0.6 is 0 Å². The van der Waals surface area contributed by atoms with Crippen LogP contribution in [0.2, 0.25) is 0 Å². The van der Waals surface area contributed by atoms with Gasteiger partial charge in [-0.2, -0.15) is 0 Å². The van der Waals surface area contributed by atoms with Crippen molar-refractivity contribution in [1.82, 2.24) is 9.62 Å². The van der Waals surface area contributed by atoms with Crippen molar-refractivity contribution in [2.45, 2.75) is 19.4 Å². The van der Waals surface area contributed by atoms with Crippen molar-refractivity contribution >= 4 is 22.3 Å². The van der Waals surface area contributed by atoms with Gasteiger partial charge in [-0.3, -0.25) is 9.79 Å². The molecule has 1 N–H and O–H groups in total. The maximum absolute atomic E-state index is 11.8. The Hall–Kier alpha value is -1.41. The van der Waals surface area contributed by atoms with Gasteiger partial charge < -0.3 is 9.64 Å². The molecule has 0 unspecified atom stereocenters. The zero-order chi connectivity index (χ0) is 14.0. The van der Waals surface area contributed by atoms with E-state index in [0.717, 1.165) is 11.3 Å². The maximum atomic E-state index is 11.8. The molecule has 106 valence electrons. The zero-order valence-electron chi connectivity index (χ0n) is 10.9. The van der Waals surface area contributed by atoms with Crippen molar-refractivity contribution in [2.75, 3.05) is 26.0 Å². The van der Waals surface area contributed by atoms with E-state index in [0.29, 0.717) is 19.5 Å². The van der Waals surface area contributed by atoms with Crippen molar-refractivity contribution in [2.24, 2.45) is 4.99 Å². The number of nitrogens with one attached hydrogen (secondary N) is 1. The molecule has 0 bridgehead atoms. The van der Waals surface area contributed by atoms with Crippen molar-refractivity contribution in [3.63, 3.8) is 0 Å². The molecule has 0 aliphatic carbocycles. The lowest BCUT2D eigenvalue weighted by molar-refractivity contribution is -0.137. The summed E-state index contributed by atoms with van der Waals surface area (Å²) in [6.07, 6.45) is 2.36. The molecule has 19 heavy (non-hydrogen) atoms. The minimum Gasteiger partial charge on any atom is -0.468 e.